The van der Waals surface area contributed by atoms with Gasteiger partial charge in [-0.2, -0.15) is 0 Å². The number of benzene rings is 2. The van der Waals surface area contributed by atoms with E-state index in [1.807, 2.05) is 30.3 Å². The summed E-state index contributed by atoms with van der Waals surface area (Å²) >= 11 is 0. The Kier molecular flexibility index (Phi) is 6.63. The zero-order valence-electron chi connectivity index (χ0n) is 15.5. The zero-order valence-corrected chi connectivity index (χ0v) is 15.5. The van der Waals surface area contributed by atoms with E-state index < -0.39 is 0 Å². The number of nitrogens with one attached hydrogen (secondary N) is 1. The Labute approximate surface area is 163 Å². The molecule has 0 aliphatic heterocycles. The minimum atomic E-state index is -0.0996. The topological polar surface area (TPSA) is 85.7 Å². The monoisotopic (exact) mass is 379 g/mol. The number of methoxy groups -OCH3 is 1. The minimum Gasteiger partial charge on any atom is -0.487 e. The first-order valence-corrected chi connectivity index (χ1v) is 8.73. The number of hydrogen-bond acceptors (Lipinski definition) is 7. The highest BCUT2D eigenvalue weighted by molar-refractivity contribution is 5.93. The zero-order chi connectivity index (χ0) is 19.8. The molecule has 0 fully saturated rings. The van der Waals surface area contributed by atoms with Gasteiger partial charge in [-0.15, -0.1) is 6.42 Å². The van der Waals surface area contributed by atoms with Crippen molar-refractivity contribution in [3.8, 4) is 23.8 Å². The largest absolute Gasteiger partial charge is 0.487 e. The van der Waals surface area contributed by atoms with Crippen molar-refractivity contribution in [1.82, 2.24) is 9.97 Å². The smallest absolute Gasteiger partial charge is 0.163 e. The number of terminal acetylenes is 1. The molecule has 0 unspecified atom stereocenters. The van der Waals surface area contributed by atoms with Crippen molar-refractivity contribution < 1.29 is 19.3 Å². The van der Waals surface area contributed by atoms with Crippen LogP contribution < -0.4 is 14.8 Å². The molecule has 0 saturated heterocycles. The lowest BCUT2D eigenvalue weighted by Crippen LogP contribution is -2.08. The van der Waals surface area contributed by atoms with E-state index >= 15 is 0 Å². The molecule has 0 atom stereocenters. The molecule has 0 saturated carbocycles. The molecule has 144 valence electrons. The number of rotatable bonds is 9. The molecule has 0 radical (unpaired) electrons. The van der Waals surface area contributed by atoms with Crippen LogP contribution >= 0.6 is 0 Å². The van der Waals surface area contributed by atoms with Crippen molar-refractivity contribution in [3.05, 3.63) is 48.3 Å². The van der Waals surface area contributed by atoms with Crippen LogP contribution in [0.3, 0.4) is 0 Å². The number of anilines is 2. The van der Waals surface area contributed by atoms with Gasteiger partial charge in [0, 0.05) is 29.8 Å². The summed E-state index contributed by atoms with van der Waals surface area (Å²) in [7, 11) is 1.60. The standard InChI is InChI=1S/C21H21N3O4/c1-3-15-5-4-6-16(11-15)24-21-17-12-19(28-10-9-26-2)20(27-8-7-25)13-18(17)22-14-23-21/h1,4-6,11-14,25H,7-10H2,2H3,(H,22,23,24). The summed E-state index contributed by atoms with van der Waals surface area (Å²) in [5, 5.41) is 13.1. The molecular weight excluding hydrogens is 358 g/mol. The molecule has 28 heavy (non-hydrogen) atoms. The first kappa shape index (κ1) is 19.4. The molecule has 0 aliphatic rings. The Balaban J connectivity index is 1.98. The van der Waals surface area contributed by atoms with E-state index in [0.717, 1.165) is 16.6 Å². The molecule has 0 amide bonds. The van der Waals surface area contributed by atoms with E-state index in [0.29, 0.717) is 36.0 Å². The number of aromatic nitrogens is 2. The maximum Gasteiger partial charge on any atom is 0.163 e. The van der Waals surface area contributed by atoms with Crippen LogP contribution in [0.4, 0.5) is 11.5 Å². The number of hydrogen-bond donors (Lipinski definition) is 2. The summed E-state index contributed by atoms with van der Waals surface area (Å²) in [4.78, 5) is 8.67. The fourth-order valence-electron chi connectivity index (χ4n) is 2.60. The predicted molar refractivity (Wildman–Crippen MR) is 107 cm³/mol. The van der Waals surface area contributed by atoms with Gasteiger partial charge in [0.15, 0.2) is 11.5 Å². The van der Waals surface area contributed by atoms with Crippen LogP contribution in [0.25, 0.3) is 10.9 Å². The lowest BCUT2D eigenvalue weighted by atomic mass is 10.2. The summed E-state index contributed by atoms with van der Waals surface area (Å²) in [6, 6.07) is 11.1. The summed E-state index contributed by atoms with van der Waals surface area (Å²) in [5.74, 6) is 4.25. The molecule has 7 heteroatoms. The summed E-state index contributed by atoms with van der Waals surface area (Å²) in [6.07, 6.45) is 6.94. The Morgan fingerprint density at radius 2 is 1.89 bits per heavy atom. The second-order valence-electron chi connectivity index (χ2n) is 5.80. The third-order valence-corrected chi connectivity index (χ3v) is 3.89. The van der Waals surface area contributed by atoms with Crippen molar-refractivity contribution in [3.63, 3.8) is 0 Å². The van der Waals surface area contributed by atoms with Crippen molar-refractivity contribution in [2.75, 3.05) is 38.9 Å². The average molecular weight is 379 g/mol. The Bertz CT molecular complexity index is 985. The van der Waals surface area contributed by atoms with Crippen molar-refractivity contribution in [2.24, 2.45) is 0 Å². The normalized spacial score (nSPS) is 10.5. The van der Waals surface area contributed by atoms with Gasteiger partial charge < -0.3 is 24.6 Å². The quantitative estimate of drug-likeness (QED) is 0.437. The van der Waals surface area contributed by atoms with Crippen LogP contribution in [0.5, 0.6) is 11.5 Å². The molecule has 0 spiro atoms. The molecule has 3 aromatic rings. The fraction of sp³-hybridized carbons (Fsp3) is 0.238. The molecule has 2 N–H and O–H groups in total. The van der Waals surface area contributed by atoms with Gasteiger partial charge in [-0.25, -0.2) is 9.97 Å². The van der Waals surface area contributed by atoms with Gasteiger partial charge in [0.05, 0.1) is 18.7 Å². The van der Waals surface area contributed by atoms with Gasteiger partial charge in [0.1, 0.15) is 25.4 Å². The third-order valence-electron chi connectivity index (χ3n) is 3.89. The molecule has 3 rings (SSSR count). The summed E-state index contributed by atoms with van der Waals surface area (Å²) in [5.41, 5.74) is 2.27. The molecular formula is C21H21N3O4. The van der Waals surface area contributed by atoms with Gasteiger partial charge >= 0.3 is 0 Å². The van der Waals surface area contributed by atoms with E-state index in [1.165, 1.54) is 6.33 Å². The Hall–Kier alpha value is -3.34. The van der Waals surface area contributed by atoms with Crippen molar-refractivity contribution in [1.29, 1.82) is 0 Å². The molecule has 1 aromatic heterocycles. The SMILES string of the molecule is C#Cc1cccc(Nc2ncnc3cc(OCCO)c(OCCOC)cc23)c1. The van der Waals surface area contributed by atoms with Gasteiger partial charge in [0.25, 0.3) is 0 Å². The minimum absolute atomic E-state index is 0.0996. The van der Waals surface area contributed by atoms with E-state index in [-0.39, 0.29) is 13.2 Å². The lowest BCUT2D eigenvalue weighted by Gasteiger charge is -2.15. The molecule has 0 bridgehead atoms. The van der Waals surface area contributed by atoms with E-state index in [9.17, 15) is 0 Å². The van der Waals surface area contributed by atoms with Crippen LogP contribution in [0.1, 0.15) is 5.56 Å². The maximum atomic E-state index is 9.06. The second-order valence-corrected chi connectivity index (χ2v) is 5.80. The number of ether oxygens (including phenoxy) is 3. The highest BCUT2D eigenvalue weighted by atomic mass is 16.5. The Morgan fingerprint density at radius 3 is 2.68 bits per heavy atom. The molecule has 7 nitrogen and oxygen atoms in total. The second kappa shape index (κ2) is 9.55. The number of nitrogens with zero attached hydrogens (tertiary/aromatic N) is 2. The van der Waals surface area contributed by atoms with E-state index in [4.69, 9.17) is 25.7 Å². The molecule has 2 aromatic carbocycles. The Morgan fingerprint density at radius 1 is 1.07 bits per heavy atom. The summed E-state index contributed by atoms with van der Waals surface area (Å²) in [6.45, 7) is 0.851. The molecule has 1 heterocycles. The van der Waals surface area contributed by atoms with Crippen LogP contribution in [-0.4, -0.2) is 48.6 Å². The van der Waals surface area contributed by atoms with Crippen molar-refractivity contribution >= 4 is 22.4 Å². The highest BCUT2D eigenvalue weighted by Crippen LogP contribution is 2.35. The van der Waals surface area contributed by atoms with Crippen LogP contribution in [0.15, 0.2) is 42.7 Å². The lowest BCUT2D eigenvalue weighted by molar-refractivity contribution is 0.141. The maximum absolute atomic E-state index is 9.06. The first-order chi connectivity index (χ1) is 13.7. The average Bonchev–Trinajstić information content (AvgIpc) is 2.73. The van der Waals surface area contributed by atoms with Gasteiger partial charge in [-0.05, 0) is 24.3 Å². The van der Waals surface area contributed by atoms with Crippen LogP contribution in [0, 0.1) is 12.3 Å². The first-order valence-electron chi connectivity index (χ1n) is 8.73. The van der Waals surface area contributed by atoms with Gasteiger partial charge in [-0.3, -0.25) is 0 Å². The van der Waals surface area contributed by atoms with E-state index in [1.54, 1.807) is 13.2 Å². The number of aliphatic hydroxyl groups excluding tert-OH is 1. The van der Waals surface area contributed by atoms with Crippen LogP contribution in [0.2, 0.25) is 0 Å². The summed E-state index contributed by atoms with van der Waals surface area (Å²) < 4.78 is 16.4. The van der Waals surface area contributed by atoms with Gasteiger partial charge in [-0.1, -0.05) is 12.0 Å². The van der Waals surface area contributed by atoms with Crippen LogP contribution in [-0.2, 0) is 4.74 Å². The molecule has 0 aliphatic carbocycles. The van der Waals surface area contributed by atoms with E-state index in [2.05, 4.69) is 21.2 Å². The predicted octanol–water partition coefficient (Wildman–Crippen LogP) is 2.75. The van der Waals surface area contributed by atoms with Gasteiger partial charge in [0.2, 0.25) is 0 Å². The van der Waals surface area contributed by atoms with Crippen molar-refractivity contribution in [2.45, 2.75) is 0 Å². The number of aliphatic hydroxyl groups is 1. The third kappa shape index (κ3) is 4.68. The highest BCUT2D eigenvalue weighted by Gasteiger charge is 2.13. The fourth-order valence-corrected chi connectivity index (χ4v) is 2.60. The number of fused-ring (bicyclic) bond motifs is 1.